The van der Waals surface area contributed by atoms with E-state index >= 15 is 0 Å². The molecule has 0 radical (unpaired) electrons. The maximum atomic E-state index is 12.3. The Morgan fingerprint density at radius 2 is 0.867 bits per heavy atom. The van der Waals surface area contributed by atoms with Crippen LogP contribution >= 0.6 is 0 Å². The molecule has 10 heteroatoms. The summed E-state index contributed by atoms with van der Waals surface area (Å²) in [5, 5.41) is 0. The highest BCUT2D eigenvalue weighted by atomic mass is 16.5. The van der Waals surface area contributed by atoms with Crippen molar-refractivity contribution < 1.29 is 28.5 Å². The van der Waals surface area contributed by atoms with E-state index in [1.807, 2.05) is 0 Å². The summed E-state index contributed by atoms with van der Waals surface area (Å²) in [7, 11) is 0. The van der Waals surface area contributed by atoms with Gasteiger partial charge in [-0.3, -0.25) is 9.59 Å². The molecule has 176 valence electrons. The lowest BCUT2D eigenvalue weighted by Crippen LogP contribution is -2.38. The predicted octanol–water partition coefficient (Wildman–Crippen LogP) is -0.799. The summed E-state index contributed by atoms with van der Waals surface area (Å²) in [6, 6.07) is 0. The van der Waals surface area contributed by atoms with E-state index in [-0.39, 0.29) is 11.8 Å². The summed E-state index contributed by atoms with van der Waals surface area (Å²) in [6.07, 6.45) is 2.21. The Morgan fingerprint density at radius 3 is 1.13 bits per heavy atom. The van der Waals surface area contributed by atoms with Gasteiger partial charge in [0.2, 0.25) is 11.8 Å². The Morgan fingerprint density at radius 1 is 0.567 bits per heavy atom. The molecule has 10 nitrogen and oxygen atoms in total. The Kier molecular flexibility index (Phi) is 16.5. The van der Waals surface area contributed by atoms with Crippen molar-refractivity contribution in [2.75, 3.05) is 92.1 Å². The fraction of sp³-hybridized carbons (Fsp3) is 0.900. The maximum absolute atomic E-state index is 12.3. The predicted molar refractivity (Wildman–Crippen MR) is 113 cm³/mol. The van der Waals surface area contributed by atoms with Gasteiger partial charge in [-0.25, -0.2) is 0 Å². The van der Waals surface area contributed by atoms with Crippen LogP contribution in [0.3, 0.4) is 0 Å². The summed E-state index contributed by atoms with van der Waals surface area (Å²) < 4.78 is 22.4. The van der Waals surface area contributed by atoms with Crippen LogP contribution in [0.2, 0.25) is 0 Å². The molecule has 4 N–H and O–H groups in total. The molecule has 1 fully saturated rings. The lowest BCUT2D eigenvalue weighted by atomic mass is 10.2. The molecule has 1 aliphatic heterocycles. The molecule has 0 aliphatic carbocycles. The molecule has 0 aromatic carbocycles. The first-order valence-corrected chi connectivity index (χ1v) is 11.0. The molecule has 1 saturated heterocycles. The quantitative estimate of drug-likeness (QED) is 0.558. The zero-order valence-electron chi connectivity index (χ0n) is 18.2. The third-order valence-corrected chi connectivity index (χ3v) is 4.66. The number of carbonyl (C=O) groups is 2. The van der Waals surface area contributed by atoms with Gasteiger partial charge in [-0.2, -0.15) is 0 Å². The van der Waals surface area contributed by atoms with Gasteiger partial charge < -0.3 is 40.2 Å². The highest BCUT2D eigenvalue weighted by molar-refractivity contribution is 5.76. The smallest absolute Gasteiger partial charge is 0.222 e. The topological polar surface area (TPSA) is 130 Å². The molecule has 1 rings (SSSR count). The minimum atomic E-state index is 0.0638. The van der Waals surface area contributed by atoms with Crippen molar-refractivity contribution in [1.29, 1.82) is 0 Å². The van der Waals surface area contributed by atoms with Crippen molar-refractivity contribution >= 4 is 11.8 Å². The van der Waals surface area contributed by atoms with Crippen LogP contribution in [0.5, 0.6) is 0 Å². The first kappa shape index (κ1) is 26.7. The van der Waals surface area contributed by atoms with Gasteiger partial charge in [0.1, 0.15) is 0 Å². The van der Waals surface area contributed by atoms with E-state index in [1.165, 1.54) is 0 Å². The second-order valence-electron chi connectivity index (χ2n) is 7.00. The summed E-state index contributed by atoms with van der Waals surface area (Å²) in [5.74, 6) is 0.128. The molecule has 0 saturated carbocycles. The average Bonchev–Trinajstić information content (AvgIpc) is 2.75. The normalized spacial score (nSPS) is 19.1. The molecule has 1 heterocycles. The van der Waals surface area contributed by atoms with Crippen molar-refractivity contribution in [2.24, 2.45) is 11.5 Å². The highest BCUT2D eigenvalue weighted by Crippen LogP contribution is 2.00. The first-order valence-electron chi connectivity index (χ1n) is 11.0. The van der Waals surface area contributed by atoms with Crippen molar-refractivity contribution in [1.82, 2.24) is 9.80 Å². The number of amides is 2. The van der Waals surface area contributed by atoms with Crippen LogP contribution in [0.4, 0.5) is 0 Å². The molecule has 0 unspecified atom stereocenters. The molecule has 0 aromatic heterocycles. The number of hydrogen-bond acceptors (Lipinski definition) is 8. The van der Waals surface area contributed by atoms with Crippen LogP contribution in [-0.2, 0) is 28.5 Å². The molecular weight excluding hydrogens is 392 g/mol. The van der Waals surface area contributed by atoms with Gasteiger partial charge in [0.25, 0.3) is 0 Å². The van der Waals surface area contributed by atoms with E-state index in [0.717, 1.165) is 0 Å². The molecule has 0 atom stereocenters. The number of ether oxygens (including phenoxy) is 4. The van der Waals surface area contributed by atoms with Crippen molar-refractivity contribution in [3.8, 4) is 0 Å². The van der Waals surface area contributed by atoms with E-state index < -0.39 is 0 Å². The second kappa shape index (κ2) is 18.5. The molecule has 0 bridgehead atoms. The number of carbonyl (C=O) groups excluding carboxylic acids is 2. The Balaban J connectivity index is 2.45. The fourth-order valence-corrected chi connectivity index (χ4v) is 2.89. The molecular formula is C20H40N4O6. The fourth-order valence-electron chi connectivity index (χ4n) is 2.89. The van der Waals surface area contributed by atoms with E-state index in [9.17, 15) is 9.59 Å². The van der Waals surface area contributed by atoms with Gasteiger partial charge in [0.05, 0.1) is 52.9 Å². The van der Waals surface area contributed by atoms with Gasteiger partial charge in [-0.05, 0) is 25.9 Å². The number of nitrogens with two attached hydrogens (primary N) is 2. The Hall–Kier alpha value is -1.30. The van der Waals surface area contributed by atoms with Crippen LogP contribution in [0.25, 0.3) is 0 Å². The van der Waals surface area contributed by atoms with E-state index in [4.69, 9.17) is 30.4 Å². The number of rotatable bonds is 6. The average molecular weight is 433 g/mol. The molecule has 0 aromatic rings. The Labute approximate surface area is 180 Å². The first-order chi connectivity index (χ1) is 14.7. The van der Waals surface area contributed by atoms with Crippen molar-refractivity contribution in [3.63, 3.8) is 0 Å². The lowest BCUT2D eigenvalue weighted by molar-refractivity contribution is -0.134. The largest absolute Gasteiger partial charge is 0.377 e. The van der Waals surface area contributed by atoms with Crippen LogP contribution in [0.1, 0.15) is 25.7 Å². The summed E-state index contributed by atoms with van der Waals surface area (Å²) in [4.78, 5) is 28.1. The van der Waals surface area contributed by atoms with Gasteiger partial charge in [-0.15, -0.1) is 0 Å². The number of hydrogen-bond donors (Lipinski definition) is 2. The minimum absolute atomic E-state index is 0.0638. The lowest BCUT2D eigenvalue weighted by Gasteiger charge is -2.24. The SMILES string of the molecule is NCCCC(=O)N1CCOCCOCCN(C(=O)CCCN)CCOCCOCC1. The van der Waals surface area contributed by atoms with E-state index in [0.29, 0.717) is 118 Å². The van der Waals surface area contributed by atoms with Crippen LogP contribution in [-0.4, -0.2) is 114 Å². The monoisotopic (exact) mass is 432 g/mol. The Bertz CT molecular complexity index is 395. The van der Waals surface area contributed by atoms with E-state index in [1.54, 1.807) is 9.80 Å². The van der Waals surface area contributed by atoms with Crippen molar-refractivity contribution in [3.05, 3.63) is 0 Å². The zero-order valence-corrected chi connectivity index (χ0v) is 18.2. The highest BCUT2D eigenvalue weighted by Gasteiger charge is 2.14. The number of nitrogens with zero attached hydrogens (tertiary/aromatic N) is 2. The molecule has 2 amide bonds. The zero-order chi connectivity index (χ0) is 21.9. The van der Waals surface area contributed by atoms with Crippen LogP contribution < -0.4 is 11.5 Å². The minimum Gasteiger partial charge on any atom is -0.377 e. The third-order valence-electron chi connectivity index (χ3n) is 4.66. The van der Waals surface area contributed by atoms with Crippen LogP contribution in [0.15, 0.2) is 0 Å². The third kappa shape index (κ3) is 13.1. The second-order valence-corrected chi connectivity index (χ2v) is 7.00. The summed E-state index contributed by atoms with van der Waals surface area (Å²) in [6.45, 7) is 6.51. The van der Waals surface area contributed by atoms with Crippen molar-refractivity contribution in [2.45, 2.75) is 25.7 Å². The summed E-state index contributed by atoms with van der Waals surface area (Å²) >= 11 is 0. The van der Waals surface area contributed by atoms with E-state index in [2.05, 4.69) is 0 Å². The molecule has 30 heavy (non-hydrogen) atoms. The van der Waals surface area contributed by atoms with Gasteiger partial charge >= 0.3 is 0 Å². The standard InChI is InChI=1S/C20H40N4O6/c21-5-1-3-19(25)23-7-11-27-15-17-29-13-9-24(20(26)4-2-6-22)10-14-30-18-16-28-12-8-23/h1-18,21-22H2. The van der Waals surface area contributed by atoms with Gasteiger partial charge in [-0.1, -0.05) is 0 Å². The summed E-state index contributed by atoms with van der Waals surface area (Å²) in [5.41, 5.74) is 11.0. The maximum Gasteiger partial charge on any atom is 0.222 e. The molecule has 1 aliphatic rings. The van der Waals surface area contributed by atoms with Crippen LogP contribution in [0, 0.1) is 0 Å². The van der Waals surface area contributed by atoms with Gasteiger partial charge in [0, 0.05) is 39.0 Å². The van der Waals surface area contributed by atoms with Gasteiger partial charge in [0.15, 0.2) is 0 Å². The molecule has 0 spiro atoms.